The van der Waals surface area contributed by atoms with Crippen LogP contribution in [0.15, 0.2) is 22.7 Å². The molecule has 1 aliphatic rings. The molecule has 3 N–H and O–H groups in total. The van der Waals surface area contributed by atoms with Gasteiger partial charge in [0.2, 0.25) is 0 Å². The molecular formula is C15H21BrN2O2. The molecule has 0 heterocycles. The first-order valence-corrected chi connectivity index (χ1v) is 7.76. The van der Waals surface area contributed by atoms with Crippen molar-refractivity contribution in [2.75, 3.05) is 6.54 Å². The number of halogens is 1. The zero-order chi connectivity index (χ0) is 14.7. The van der Waals surface area contributed by atoms with Gasteiger partial charge in [-0.15, -0.1) is 0 Å². The second kappa shape index (κ2) is 6.59. The molecule has 1 aromatic rings. The summed E-state index contributed by atoms with van der Waals surface area (Å²) in [4.78, 5) is 12.2. The quantitative estimate of drug-likeness (QED) is 0.836. The molecular weight excluding hydrogens is 320 g/mol. The Morgan fingerprint density at radius 2 is 2.20 bits per heavy atom. The summed E-state index contributed by atoms with van der Waals surface area (Å²) in [6.45, 7) is 4.39. The Hall–Kier alpha value is -1.07. The van der Waals surface area contributed by atoms with Crippen molar-refractivity contribution >= 4 is 21.8 Å². The number of carbonyl (C=O) groups excluding carboxylic acids is 1. The smallest absolute Gasteiger partial charge is 0.255 e. The fourth-order valence-electron chi connectivity index (χ4n) is 2.03. The minimum absolute atomic E-state index is 0.0181. The number of benzene rings is 1. The minimum Gasteiger partial charge on any atom is -0.490 e. The third kappa shape index (κ3) is 4.21. The Balaban J connectivity index is 2.03. The van der Waals surface area contributed by atoms with Gasteiger partial charge in [0.05, 0.1) is 11.7 Å². The first-order valence-electron chi connectivity index (χ1n) is 6.97. The fraction of sp³-hybridized carbons (Fsp3) is 0.533. The van der Waals surface area contributed by atoms with Crippen molar-refractivity contribution < 1.29 is 9.53 Å². The molecule has 0 bridgehead atoms. The highest BCUT2D eigenvalue weighted by atomic mass is 79.9. The molecule has 1 unspecified atom stereocenters. The molecule has 2 rings (SSSR count). The van der Waals surface area contributed by atoms with E-state index in [9.17, 15) is 4.79 Å². The van der Waals surface area contributed by atoms with E-state index in [-0.39, 0.29) is 18.1 Å². The van der Waals surface area contributed by atoms with Crippen molar-refractivity contribution in [1.29, 1.82) is 0 Å². The van der Waals surface area contributed by atoms with Gasteiger partial charge in [0.25, 0.3) is 5.91 Å². The molecule has 20 heavy (non-hydrogen) atoms. The van der Waals surface area contributed by atoms with E-state index >= 15 is 0 Å². The molecule has 1 aromatic carbocycles. The molecule has 1 saturated carbocycles. The second-order valence-electron chi connectivity index (χ2n) is 5.52. The molecule has 0 radical (unpaired) electrons. The van der Waals surface area contributed by atoms with Crippen molar-refractivity contribution in [1.82, 2.24) is 5.32 Å². The minimum atomic E-state index is -0.135. The Morgan fingerprint density at radius 1 is 1.50 bits per heavy atom. The third-order valence-electron chi connectivity index (χ3n) is 3.28. The van der Waals surface area contributed by atoms with Crippen LogP contribution < -0.4 is 15.8 Å². The highest BCUT2D eigenvalue weighted by Crippen LogP contribution is 2.31. The lowest BCUT2D eigenvalue weighted by atomic mass is 10.1. The molecule has 0 aromatic heterocycles. The summed E-state index contributed by atoms with van der Waals surface area (Å²) in [5.74, 6) is 1.03. The predicted octanol–water partition coefficient (Wildman–Crippen LogP) is 2.70. The van der Waals surface area contributed by atoms with Crippen LogP contribution in [0.5, 0.6) is 5.75 Å². The molecule has 1 atom stereocenters. The average Bonchev–Trinajstić information content (AvgIpc) is 3.19. The maximum absolute atomic E-state index is 12.2. The summed E-state index contributed by atoms with van der Waals surface area (Å²) in [5.41, 5.74) is 6.54. The van der Waals surface area contributed by atoms with Gasteiger partial charge in [0.15, 0.2) is 0 Å². The van der Waals surface area contributed by atoms with Crippen molar-refractivity contribution in [3.8, 4) is 5.75 Å². The van der Waals surface area contributed by atoms with Crippen molar-refractivity contribution in [2.45, 2.75) is 38.8 Å². The van der Waals surface area contributed by atoms with E-state index in [1.165, 1.54) is 12.8 Å². The molecule has 1 aliphatic carbocycles. The van der Waals surface area contributed by atoms with E-state index in [2.05, 4.69) is 21.2 Å². The van der Waals surface area contributed by atoms with Gasteiger partial charge in [-0.25, -0.2) is 0 Å². The SMILES string of the molecule is CC(C)Oc1cc(Br)ccc1C(=O)NCC(N)C1CC1. The maximum Gasteiger partial charge on any atom is 0.255 e. The Kier molecular flexibility index (Phi) is 5.05. The van der Waals surface area contributed by atoms with Gasteiger partial charge in [-0.1, -0.05) is 15.9 Å². The van der Waals surface area contributed by atoms with Crippen molar-refractivity contribution in [3.05, 3.63) is 28.2 Å². The molecule has 0 spiro atoms. The van der Waals surface area contributed by atoms with Gasteiger partial charge >= 0.3 is 0 Å². The van der Waals surface area contributed by atoms with Gasteiger partial charge in [-0.3, -0.25) is 4.79 Å². The van der Waals surface area contributed by atoms with Crippen LogP contribution in [-0.2, 0) is 0 Å². The van der Waals surface area contributed by atoms with Crippen LogP contribution in [0.1, 0.15) is 37.0 Å². The number of nitrogens with two attached hydrogens (primary N) is 1. The number of hydrogen-bond acceptors (Lipinski definition) is 3. The first-order chi connectivity index (χ1) is 9.47. The summed E-state index contributed by atoms with van der Waals surface area (Å²) in [7, 11) is 0. The van der Waals surface area contributed by atoms with E-state index in [4.69, 9.17) is 10.5 Å². The topological polar surface area (TPSA) is 64.3 Å². The molecule has 0 saturated heterocycles. The lowest BCUT2D eigenvalue weighted by molar-refractivity contribution is 0.0944. The van der Waals surface area contributed by atoms with Crippen molar-refractivity contribution in [3.63, 3.8) is 0 Å². The maximum atomic E-state index is 12.2. The molecule has 1 amide bonds. The number of nitrogens with one attached hydrogen (secondary N) is 1. The largest absolute Gasteiger partial charge is 0.490 e. The van der Waals surface area contributed by atoms with Crippen LogP contribution in [-0.4, -0.2) is 24.6 Å². The van der Waals surface area contributed by atoms with Crippen LogP contribution in [0.2, 0.25) is 0 Å². The van der Waals surface area contributed by atoms with Crippen LogP contribution in [0.25, 0.3) is 0 Å². The van der Waals surface area contributed by atoms with Gasteiger partial charge in [0.1, 0.15) is 5.75 Å². The molecule has 5 heteroatoms. The van der Waals surface area contributed by atoms with Crippen LogP contribution in [0, 0.1) is 5.92 Å². The second-order valence-corrected chi connectivity index (χ2v) is 6.43. The van der Waals surface area contributed by atoms with E-state index in [1.807, 2.05) is 26.0 Å². The number of carbonyl (C=O) groups is 1. The monoisotopic (exact) mass is 340 g/mol. The highest BCUT2D eigenvalue weighted by Gasteiger charge is 2.28. The van der Waals surface area contributed by atoms with E-state index in [0.29, 0.717) is 23.8 Å². The lowest BCUT2D eigenvalue weighted by Crippen LogP contribution is -2.38. The molecule has 4 nitrogen and oxygen atoms in total. The third-order valence-corrected chi connectivity index (χ3v) is 3.77. The van der Waals surface area contributed by atoms with Gasteiger partial charge in [-0.05, 0) is 50.8 Å². The Labute approximate surface area is 128 Å². The van der Waals surface area contributed by atoms with Crippen LogP contribution >= 0.6 is 15.9 Å². The normalized spacial score (nSPS) is 16.1. The summed E-state index contributed by atoms with van der Waals surface area (Å²) >= 11 is 3.39. The highest BCUT2D eigenvalue weighted by molar-refractivity contribution is 9.10. The Bertz CT molecular complexity index is 487. The zero-order valence-electron chi connectivity index (χ0n) is 11.9. The molecule has 1 fully saturated rings. The molecule has 0 aliphatic heterocycles. The Morgan fingerprint density at radius 3 is 2.80 bits per heavy atom. The molecule has 110 valence electrons. The average molecular weight is 341 g/mol. The fourth-order valence-corrected chi connectivity index (χ4v) is 2.37. The van der Waals surface area contributed by atoms with Gasteiger partial charge < -0.3 is 15.8 Å². The summed E-state index contributed by atoms with van der Waals surface area (Å²) < 4.78 is 6.58. The number of amides is 1. The van der Waals surface area contributed by atoms with Gasteiger partial charge in [-0.2, -0.15) is 0 Å². The van der Waals surface area contributed by atoms with Crippen molar-refractivity contribution in [2.24, 2.45) is 11.7 Å². The first kappa shape index (κ1) is 15.3. The van der Waals surface area contributed by atoms with Gasteiger partial charge in [0, 0.05) is 17.1 Å². The lowest BCUT2D eigenvalue weighted by Gasteiger charge is -2.16. The standard InChI is InChI=1S/C15H21BrN2O2/c1-9(2)20-14-7-11(16)5-6-12(14)15(19)18-8-13(17)10-3-4-10/h5-7,9-10,13H,3-4,8,17H2,1-2H3,(H,18,19). The van der Waals surface area contributed by atoms with Crippen LogP contribution in [0.3, 0.4) is 0 Å². The van der Waals surface area contributed by atoms with E-state index in [0.717, 1.165) is 4.47 Å². The van der Waals surface area contributed by atoms with E-state index in [1.54, 1.807) is 6.07 Å². The zero-order valence-corrected chi connectivity index (χ0v) is 13.4. The van der Waals surface area contributed by atoms with Crippen LogP contribution in [0.4, 0.5) is 0 Å². The number of hydrogen-bond donors (Lipinski definition) is 2. The number of ether oxygens (including phenoxy) is 1. The van der Waals surface area contributed by atoms with E-state index < -0.39 is 0 Å². The predicted molar refractivity (Wildman–Crippen MR) is 82.9 cm³/mol. The summed E-state index contributed by atoms with van der Waals surface area (Å²) in [6, 6.07) is 5.47. The number of rotatable bonds is 6. The summed E-state index contributed by atoms with van der Waals surface area (Å²) in [5, 5.41) is 2.89. The summed E-state index contributed by atoms with van der Waals surface area (Å²) in [6.07, 6.45) is 2.37.